The van der Waals surface area contributed by atoms with E-state index >= 15 is 0 Å². The number of hydrogen-bond acceptors (Lipinski definition) is 6. The van der Waals surface area contributed by atoms with Crippen LogP contribution in [0, 0.1) is 13.8 Å². The van der Waals surface area contributed by atoms with Crippen LogP contribution in [0.25, 0.3) is 11.4 Å². The van der Waals surface area contributed by atoms with Crippen LogP contribution in [0.2, 0.25) is 0 Å². The van der Waals surface area contributed by atoms with Crippen LogP contribution in [0.1, 0.15) is 22.8 Å². The van der Waals surface area contributed by atoms with Crippen LogP contribution < -0.4 is 0 Å². The molecule has 6 nitrogen and oxygen atoms in total. The van der Waals surface area contributed by atoms with Crippen LogP contribution in [-0.2, 0) is 12.8 Å². The lowest BCUT2D eigenvalue weighted by Crippen LogP contribution is -2.09. The molecular weight excluding hydrogens is 460 g/mol. The Hall–Kier alpha value is -3.10. The highest BCUT2D eigenvalue weighted by atomic mass is 32.2. The fourth-order valence-electron chi connectivity index (χ4n) is 3.71. The number of benzene rings is 2. The molecule has 0 radical (unpaired) electrons. The molecule has 0 unspecified atom stereocenters. The molecule has 4 aromatic rings. The first-order chi connectivity index (χ1) is 16.6. The van der Waals surface area contributed by atoms with E-state index in [0.717, 1.165) is 44.8 Å². The number of nitrogens with zero attached hydrogens (tertiary/aromatic N) is 6. The predicted molar refractivity (Wildman–Crippen MR) is 141 cm³/mol. The highest BCUT2D eigenvalue weighted by Crippen LogP contribution is 2.27. The Morgan fingerprint density at radius 2 is 1.09 bits per heavy atom. The van der Waals surface area contributed by atoms with E-state index in [1.807, 2.05) is 36.4 Å². The van der Waals surface area contributed by atoms with E-state index in [4.69, 9.17) is 0 Å². The third-order valence-corrected chi connectivity index (χ3v) is 7.20. The summed E-state index contributed by atoms with van der Waals surface area (Å²) >= 11 is 3.27. The minimum Gasteiger partial charge on any atom is -0.274 e. The molecule has 0 spiro atoms. The van der Waals surface area contributed by atoms with Gasteiger partial charge in [-0.1, -0.05) is 72.1 Å². The Bertz CT molecular complexity index is 1190. The predicted octanol–water partition coefficient (Wildman–Crippen LogP) is 5.81. The highest BCUT2D eigenvalue weighted by Gasteiger charge is 2.19. The molecule has 0 bridgehead atoms. The van der Waals surface area contributed by atoms with Crippen molar-refractivity contribution < 1.29 is 0 Å². The van der Waals surface area contributed by atoms with Gasteiger partial charge in [-0.25, -0.2) is 0 Å². The molecule has 0 amide bonds. The molecule has 4 rings (SSSR count). The summed E-state index contributed by atoms with van der Waals surface area (Å²) < 4.78 is 4.32. The lowest BCUT2D eigenvalue weighted by molar-refractivity contribution is 0.743. The Kier molecular flexibility index (Phi) is 8.03. The van der Waals surface area contributed by atoms with Crippen molar-refractivity contribution in [1.29, 1.82) is 0 Å². The fourth-order valence-corrected chi connectivity index (χ4v) is 5.11. The molecule has 0 aliphatic heterocycles. The van der Waals surface area contributed by atoms with Crippen LogP contribution in [0.5, 0.6) is 0 Å². The van der Waals surface area contributed by atoms with Gasteiger partial charge in [-0.2, -0.15) is 0 Å². The van der Waals surface area contributed by atoms with Crippen LogP contribution in [0.3, 0.4) is 0 Å². The van der Waals surface area contributed by atoms with Crippen molar-refractivity contribution in [2.45, 2.75) is 37.0 Å². The van der Waals surface area contributed by atoms with Gasteiger partial charge in [0.1, 0.15) is 11.6 Å². The van der Waals surface area contributed by atoms with Crippen molar-refractivity contribution in [3.05, 3.63) is 96.6 Å². The Morgan fingerprint density at radius 1 is 0.676 bits per heavy atom. The number of rotatable bonds is 11. The largest absolute Gasteiger partial charge is 0.274 e. The summed E-state index contributed by atoms with van der Waals surface area (Å²) in [6.07, 6.45) is 5.14. The van der Waals surface area contributed by atoms with Crippen molar-refractivity contribution in [1.82, 2.24) is 29.5 Å². The van der Waals surface area contributed by atoms with Crippen LogP contribution in [0.15, 0.2) is 84.2 Å². The summed E-state index contributed by atoms with van der Waals surface area (Å²) in [6, 6.07) is 16.6. The molecule has 2 heterocycles. The Morgan fingerprint density at radius 3 is 1.47 bits per heavy atom. The lowest BCUT2D eigenvalue weighted by Gasteiger charge is -2.14. The second-order valence-corrected chi connectivity index (χ2v) is 9.72. The molecule has 0 saturated carbocycles. The summed E-state index contributed by atoms with van der Waals surface area (Å²) in [5, 5.41) is 19.8. The van der Waals surface area contributed by atoms with E-state index in [2.05, 4.69) is 80.8 Å². The Balaban J connectivity index is 1.69. The molecule has 2 aromatic heterocycles. The molecule has 0 N–H and O–H groups in total. The first-order valence-corrected chi connectivity index (χ1v) is 13.1. The summed E-state index contributed by atoms with van der Waals surface area (Å²) in [7, 11) is 0. The van der Waals surface area contributed by atoms with Gasteiger partial charge in [-0.15, -0.1) is 33.6 Å². The average Bonchev–Trinajstić information content (AvgIpc) is 3.44. The van der Waals surface area contributed by atoms with Gasteiger partial charge in [0.2, 0.25) is 0 Å². The zero-order valence-corrected chi connectivity index (χ0v) is 21.1. The van der Waals surface area contributed by atoms with Crippen molar-refractivity contribution in [3.63, 3.8) is 0 Å². The molecule has 8 heteroatoms. The monoisotopic (exact) mass is 488 g/mol. The summed E-state index contributed by atoms with van der Waals surface area (Å²) in [5.41, 5.74) is 4.54. The molecule has 2 aromatic carbocycles. The van der Waals surface area contributed by atoms with Gasteiger partial charge in [0.15, 0.2) is 10.3 Å². The number of hydrogen-bond donors (Lipinski definition) is 0. The van der Waals surface area contributed by atoms with Gasteiger partial charge < -0.3 is 0 Å². The van der Waals surface area contributed by atoms with Gasteiger partial charge in [-0.05, 0) is 37.1 Å². The van der Waals surface area contributed by atoms with E-state index in [-0.39, 0.29) is 0 Å². The molecule has 0 aliphatic carbocycles. The van der Waals surface area contributed by atoms with Gasteiger partial charge >= 0.3 is 0 Å². The topological polar surface area (TPSA) is 61.4 Å². The maximum absolute atomic E-state index is 4.56. The number of thioether (sulfide) groups is 2. The summed E-state index contributed by atoms with van der Waals surface area (Å²) in [6.45, 7) is 11.9. The second kappa shape index (κ2) is 11.4. The number of para-hydroxylation sites is 2. The van der Waals surface area contributed by atoms with E-state index in [1.165, 1.54) is 11.1 Å². The van der Waals surface area contributed by atoms with Gasteiger partial charge in [0, 0.05) is 24.3 Å². The van der Waals surface area contributed by atoms with Crippen LogP contribution in [-0.4, -0.2) is 41.0 Å². The second-order valence-electron chi connectivity index (χ2n) is 7.74. The SMILES string of the molecule is C=CCSc1nnc(CCc2nnc(SCC=C)n2-c2ccccc2C)n1-c1ccccc1C. The van der Waals surface area contributed by atoms with Gasteiger partial charge in [0.05, 0.1) is 11.4 Å². The van der Waals surface area contributed by atoms with Gasteiger partial charge in [0.25, 0.3) is 0 Å². The summed E-state index contributed by atoms with van der Waals surface area (Å²) in [5.74, 6) is 3.35. The van der Waals surface area contributed by atoms with Crippen LogP contribution in [0.4, 0.5) is 0 Å². The molecular formula is C26H28N6S2. The van der Waals surface area contributed by atoms with Crippen LogP contribution >= 0.6 is 23.5 Å². The maximum Gasteiger partial charge on any atom is 0.196 e. The average molecular weight is 489 g/mol. The molecule has 0 saturated heterocycles. The fraction of sp³-hybridized carbons (Fsp3) is 0.231. The first-order valence-electron chi connectivity index (χ1n) is 11.1. The quantitative estimate of drug-likeness (QED) is 0.196. The van der Waals surface area contributed by atoms with E-state index < -0.39 is 0 Å². The zero-order valence-electron chi connectivity index (χ0n) is 19.5. The standard InChI is InChI=1S/C26H28N6S2/c1-5-17-33-25-29-27-23(31(25)21-13-9-7-11-19(21)3)15-16-24-28-30-26(34-18-6-2)32(24)22-14-10-8-12-20(22)4/h5-14H,1-2,15-18H2,3-4H3. The molecule has 34 heavy (non-hydrogen) atoms. The smallest absolute Gasteiger partial charge is 0.196 e. The minimum atomic E-state index is 0.687. The molecule has 174 valence electrons. The third-order valence-electron chi connectivity index (χ3n) is 5.35. The van der Waals surface area contributed by atoms with Gasteiger partial charge in [-0.3, -0.25) is 9.13 Å². The molecule has 0 atom stereocenters. The molecule has 0 aliphatic rings. The first kappa shape index (κ1) is 24.0. The molecule has 0 fully saturated rings. The van der Waals surface area contributed by atoms with Crippen molar-refractivity contribution >= 4 is 23.5 Å². The van der Waals surface area contributed by atoms with Crippen molar-refractivity contribution in [2.24, 2.45) is 0 Å². The highest BCUT2D eigenvalue weighted by molar-refractivity contribution is 7.99. The van der Waals surface area contributed by atoms with E-state index in [0.29, 0.717) is 12.8 Å². The van der Waals surface area contributed by atoms with E-state index in [9.17, 15) is 0 Å². The summed E-state index contributed by atoms with van der Waals surface area (Å²) in [4.78, 5) is 0. The zero-order chi connectivity index (χ0) is 23.9. The normalized spacial score (nSPS) is 11.0. The van der Waals surface area contributed by atoms with Crippen molar-refractivity contribution in [2.75, 3.05) is 11.5 Å². The third kappa shape index (κ3) is 5.18. The minimum absolute atomic E-state index is 0.687. The number of aryl methyl sites for hydroxylation is 4. The number of aromatic nitrogens is 6. The maximum atomic E-state index is 4.56. The van der Waals surface area contributed by atoms with Crippen molar-refractivity contribution in [3.8, 4) is 11.4 Å². The Labute approximate surface area is 209 Å². The lowest BCUT2D eigenvalue weighted by atomic mass is 10.2. The van der Waals surface area contributed by atoms with E-state index in [1.54, 1.807) is 23.5 Å².